The molecule has 0 amide bonds. The van der Waals surface area contributed by atoms with Crippen molar-refractivity contribution in [3.63, 3.8) is 0 Å². The first-order valence-electron chi connectivity index (χ1n) is 8.48. The van der Waals surface area contributed by atoms with Crippen LogP contribution in [0, 0.1) is 0 Å². The van der Waals surface area contributed by atoms with Crippen molar-refractivity contribution in [3.8, 4) is 0 Å². The third-order valence-electron chi connectivity index (χ3n) is 4.90. The molecule has 128 valence electrons. The average Bonchev–Trinajstić information content (AvgIpc) is 3.27. The molecule has 3 aromatic carbocycles. The van der Waals surface area contributed by atoms with Gasteiger partial charge in [-0.05, 0) is 34.5 Å². The van der Waals surface area contributed by atoms with Crippen LogP contribution in [0.15, 0.2) is 70.2 Å². The zero-order valence-corrected chi connectivity index (χ0v) is 14.6. The van der Waals surface area contributed by atoms with Gasteiger partial charge in [0.2, 0.25) is 0 Å². The summed E-state index contributed by atoms with van der Waals surface area (Å²) in [5.41, 5.74) is 13.0. The number of nitrogen functional groups attached to an aromatic ring is 1. The Kier molecular flexibility index (Phi) is 3.40. The number of rotatable bonds is 2. The van der Waals surface area contributed by atoms with Gasteiger partial charge in [0.25, 0.3) is 0 Å². The Morgan fingerprint density at radius 3 is 2.69 bits per heavy atom. The van der Waals surface area contributed by atoms with Gasteiger partial charge < -0.3 is 15.6 Å². The van der Waals surface area contributed by atoms with Crippen LogP contribution in [-0.4, -0.2) is 5.71 Å². The Hall–Kier alpha value is -2.98. The van der Waals surface area contributed by atoms with Crippen LogP contribution >= 0.6 is 11.6 Å². The molecule has 0 radical (unpaired) electrons. The zero-order valence-electron chi connectivity index (χ0n) is 13.9. The molecule has 26 heavy (non-hydrogen) atoms. The van der Waals surface area contributed by atoms with Gasteiger partial charge >= 0.3 is 0 Å². The fourth-order valence-corrected chi connectivity index (χ4v) is 3.70. The molecule has 0 aliphatic carbocycles. The monoisotopic (exact) mass is 361 g/mol. The molecular formula is C21H16ClN3O. The molecule has 1 unspecified atom stereocenters. The number of furan rings is 1. The topological polar surface area (TPSA) is 63.5 Å². The molecule has 4 aromatic rings. The van der Waals surface area contributed by atoms with E-state index in [1.54, 1.807) is 0 Å². The molecule has 5 rings (SSSR count). The molecule has 0 spiro atoms. The molecule has 1 atom stereocenters. The lowest BCUT2D eigenvalue weighted by Crippen LogP contribution is -2.09. The van der Waals surface area contributed by atoms with Crippen molar-refractivity contribution in [2.24, 2.45) is 5.10 Å². The summed E-state index contributed by atoms with van der Waals surface area (Å²) in [5.74, 6) is 0.653. The van der Waals surface area contributed by atoms with Crippen LogP contribution in [0.3, 0.4) is 0 Å². The summed E-state index contributed by atoms with van der Waals surface area (Å²) in [6, 6.07) is 20.1. The van der Waals surface area contributed by atoms with Crippen molar-refractivity contribution in [1.29, 1.82) is 0 Å². The van der Waals surface area contributed by atoms with E-state index in [4.69, 9.17) is 21.8 Å². The van der Waals surface area contributed by atoms with Crippen molar-refractivity contribution >= 4 is 44.7 Å². The van der Waals surface area contributed by atoms with Gasteiger partial charge in [-0.3, -0.25) is 0 Å². The third kappa shape index (κ3) is 2.34. The molecule has 2 heterocycles. The zero-order chi connectivity index (χ0) is 17.7. The summed E-state index contributed by atoms with van der Waals surface area (Å²) < 4.78 is 6.08. The molecule has 3 N–H and O–H groups in total. The molecule has 0 fully saturated rings. The minimum atomic E-state index is 0.0895. The first-order valence-corrected chi connectivity index (χ1v) is 8.86. The Morgan fingerprint density at radius 2 is 1.85 bits per heavy atom. The van der Waals surface area contributed by atoms with Gasteiger partial charge in [0.05, 0.1) is 17.1 Å². The fourth-order valence-electron chi connectivity index (χ4n) is 3.58. The number of hydrogen-bond acceptors (Lipinski definition) is 4. The number of nitrogens with two attached hydrogens (primary N) is 1. The van der Waals surface area contributed by atoms with Crippen molar-refractivity contribution in [2.45, 2.75) is 12.5 Å². The maximum Gasteiger partial charge on any atom is 0.174 e. The maximum absolute atomic E-state index is 6.47. The lowest BCUT2D eigenvalue weighted by molar-refractivity contribution is 0.602. The molecule has 0 saturated heterocycles. The number of hydrogen-bond donors (Lipinski definition) is 2. The Labute approximate surface area is 155 Å². The highest BCUT2D eigenvalue weighted by Crippen LogP contribution is 2.37. The number of nitrogens with one attached hydrogen (secondary N) is 1. The van der Waals surface area contributed by atoms with Crippen LogP contribution in [0.25, 0.3) is 21.7 Å². The molecule has 1 aliphatic rings. The van der Waals surface area contributed by atoms with E-state index in [9.17, 15) is 0 Å². The lowest BCUT2D eigenvalue weighted by Gasteiger charge is -2.09. The summed E-state index contributed by atoms with van der Waals surface area (Å²) in [5, 5.41) is 8.40. The SMILES string of the molecule is Nc1c(C2=NNC(c3ccc(Cl)cc3)C2)oc2ccc3ccccc3c12. The van der Waals surface area contributed by atoms with Crippen LogP contribution in [0.1, 0.15) is 23.8 Å². The second-order valence-electron chi connectivity index (χ2n) is 6.50. The molecule has 1 aliphatic heterocycles. The number of nitrogens with zero attached hydrogens (tertiary/aromatic N) is 1. The van der Waals surface area contributed by atoms with Gasteiger partial charge in [0.15, 0.2) is 5.76 Å². The predicted octanol–water partition coefficient (Wildman–Crippen LogP) is 5.26. The number of benzene rings is 3. The van der Waals surface area contributed by atoms with E-state index in [0.717, 1.165) is 38.0 Å². The van der Waals surface area contributed by atoms with E-state index in [0.29, 0.717) is 17.9 Å². The maximum atomic E-state index is 6.47. The van der Waals surface area contributed by atoms with E-state index in [1.807, 2.05) is 42.5 Å². The van der Waals surface area contributed by atoms with Gasteiger partial charge in [-0.2, -0.15) is 5.10 Å². The summed E-state index contributed by atoms with van der Waals surface area (Å²) in [6.45, 7) is 0. The van der Waals surface area contributed by atoms with Crippen LogP contribution in [0.4, 0.5) is 5.69 Å². The number of fused-ring (bicyclic) bond motifs is 3. The van der Waals surface area contributed by atoms with E-state index >= 15 is 0 Å². The van der Waals surface area contributed by atoms with E-state index in [-0.39, 0.29) is 6.04 Å². The molecule has 0 bridgehead atoms. The van der Waals surface area contributed by atoms with Crippen molar-refractivity contribution in [3.05, 3.63) is 77.0 Å². The number of hydrazone groups is 1. The highest BCUT2D eigenvalue weighted by Gasteiger charge is 2.26. The van der Waals surface area contributed by atoms with Gasteiger partial charge in [0, 0.05) is 11.4 Å². The quantitative estimate of drug-likeness (QED) is 0.511. The third-order valence-corrected chi connectivity index (χ3v) is 5.16. The second-order valence-corrected chi connectivity index (χ2v) is 6.94. The van der Waals surface area contributed by atoms with Crippen molar-refractivity contribution < 1.29 is 4.42 Å². The largest absolute Gasteiger partial charge is 0.452 e. The number of halogens is 1. The Bertz CT molecular complexity index is 1160. The standard InChI is InChI=1S/C21H16ClN3O/c22-14-8-5-13(6-9-14)16-11-17(25-24-16)21-20(23)19-15-4-2-1-3-12(15)7-10-18(19)26-21/h1-10,16,24H,11,23H2. The predicted molar refractivity (Wildman–Crippen MR) is 107 cm³/mol. The van der Waals surface area contributed by atoms with E-state index in [2.05, 4.69) is 28.7 Å². The van der Waals surface area contributed by atoms with Crippen LogP contribution < -0.4 is 11.2 Å². The molecular weight excluding hydrogens is 346 g/mol. The van der Waals surface area contributed by atoms with Crippen LogP contribution in [0.2, 0.25) is 5.02 Å². The van der Waals surface area contributed by atoms with Gasteiger partial charge in [0.1, 0.15) is 11.3 Å². The van der Waals surface area contributed by atoms with E-state index in [1.165, 1.54) is 0 Å². The summed E-state index contributed by atoms with van der Waals surface area (Å²) in [7, 11) is 0. The van der Waals surface area contributed by atoms with Crippen molar-refractivity contribution in [1.82, 2.24) is 5.43 Å². The second kappa shape index (κ2) is 5.78. The molecule has 0 saturated carbocycles. The fraction of sp³-hybridized carbons (Fsp3) is 0.0952. The smallest absolute Gasteiger partial charge is 0.174 e. The first-order chi connectivity index (χ1) is 12.7. The highest BCUT2D eigenvalue weighted by molar-refractivity contribution is 6.30. The minimum absolute atomic E-state index is 0.0895. The lowest BCUT2D eigenvalue weighted by atomic mass is 10.0. The Morgan fingerprint density at radius 1 is 1.04 bits per heavy atom. The Balaban J connectivity index is 1.54. The summed E-state index contributed by atoms with van der Waals surface area (Å²) in [6.07, 6.45) is 0.712. The van der Waals surface area contributed by atoms with Gasteiger partial charge in [-0.25, -0.2) is 0 Å². The molecule has 1 aromatic heterocycles. The highest BCUT2D eigenvalue weighted by atomic mass is 35.5. The summed E-state index contributed by atoms with van der Waals surface area (Å²) >= 11 is 5.98. The molecule has 4 nitrogen and oxygen atoms in total. The average molecular weight is 362 g/mol. The first kappa shape index (κ1) is 15.3. The van der Waals surface area contributed by atoms with Crippen LogP contribution in [0.5, 0.6) is 0 Å². The van der Waals surface area contributed by atoms with E-state index < -0.39 is 0 Å². The molecule has 5 heteroatoms. The summed E-state index contributed by atoms with van der Waals surface area (Å²) in [4.78, 5) is 0. The van der Waals surface area contributed by atoms with Crippen LogP contribution in [-0.2, 0) is 0 Å². The normalized spacial score (nSPS) is 16.8. The van der Waals surface area contributed by atoms with Gasteiger partial charge in [-0.15, -0.1) is 0 Å². The van der Waals surface area contributed by atoms with Gasteiger partial charge in [-0.1, -0.05) is 54.1 Å². The number of anilines is 1. The van der Waals surface area contributed by atoms with Crippen molar-refractivity contribution in [2.75, 3.05) is 5.73 Å². The minimum Gasteiger partial charge on any atom is -0.452 e.